The predicted molar refractivity (Wildman–Crippen MR) is 163 cm³/mol. The number of ether oxygens (including phenoxy) is 2. The molecule has 2 aromatic heterocycles. The van der Waals surface area contributed by atoms with Gasteiger partial charge in [0.2, 0.25) is 0 Å². The maximum absolute atomic E-state index is 14.6. The fraction of sp³-hybridized carbons (Fsp3) is 0.382. The van der Waals surface area contributed by atoms with Gasteiger partial charge in [-0.25, -0.2) is 0 Å². The van der Waals surface area contributed by atoms with E-state index >= 15 is 0 Å². The van der Waals surface area contributed by atoms with E-state index in [4.69, 9.17) is 9.47 Å². The molecule has 5 rings (SSSR count). The van der Waals surface area contributed by atoms with Gasteiger partial charge in [-0.15, -0.1) is 0 Å². The second kappa shape index (κ2) is 11.8. The molecule has 214 valence electrons. The highest BCUT2D eigenvalue weighted by atomic mass is 16.5. The Kier molecular flexibility index (Phi) is 8.15. The minimum atomic E-state index is -0.228. The van der Waals surface area contributed by atoms with Crippen molar-refractivity contribution in [2.75, 3.05) is 6.54 Å². The summed E-state index contributed by atoms with van der Waals surface area (Å²) in [6.45, 7) is 13.5. The first-order chi connectivity index (χ1) is 19.6. The molecular formula is C34H39N3O4. The fourth-order valence-electron chi connectivity index (χ4n) is 5.53. The number of aromatic nitrogens is 2. The van der Waals surface area contributed by atoms with Gasteiger partial charge in [-0.2, -0.15) is 0 Å². The molecule has 41 heavy (non-hydrogen) atoms. The summed E-state index contributed by atoms with van der Waals surface area (Å²) in [5.74, 6) is 1.43. The molecule has 0 fully saturated rings. The van der Waals surface area contributed by atoms with Gasteiger partial charge in [0.15, 0.2) is 0 Å². The lowest BCUT2D eigenvalue weighted by Crippen LogP contribution is -2.41. The summed E-state index contributed by atoms with van der Waals surface area (Å²) in [7, 11) is 0. The molecule has 7 nitrogen and oxygen atoms in total. The van der Waals surface area contributed by atoms with Gasteiger partial charge in [0.25, 0.3) is 11.5 Å². The molecule has 4 aromatic rings. The molecule has 0 bridgehead atoms. The number of rotatable bonds is 7. The Hall–Kier alpha value is -4.13. The summed E-state index contributed by atoms with van der Waals surface area (Å²) in [4.78, 5) is 34.7. The average molecular weight is 554 g/mol. The van der Waals surface area contributed by atoms with E-state index in [-0.39, 0.29) is 29.6 Å². The second-order valence-electron chi connectivity index (χ2n) is 11.7. The van der Waals surface area contributed by atoms with Crippen molar-refractivity contribution in [3.05, 3.63) is 88.0 Å². The van der Waals surface area contributed by atoms with Crippen LogP contribution in [0.4, 0.5) is 0 Å². The van der Waals surface area contributed by atoms with Crippen molar-refractivity contribution in [1.29, 1.82) is 0 Å². The van der Waals surface area contributed by atoms with Crippen molar-refractivity contribution in [1.82, 2.24) is 14.5 Å². The Balaban J connectivity index is 1.67. The van der Waals surface area contributed by atoms with Gasteiger partial charge in [-0.05, 0) is 76.3 Å². The van der Waals surface area contributed by atoms with E-state index in [0.717, 1.165) is 28.7 Å². The third kappa shape index (κ3) is 6.14. The summed E-state index contributed by atoms with van der Waals surface area (Å²) < 4.78 is 13.7. The maximum Gasteiger partial charge on any atom is 0.277 e. The highest BCUT2D eigenvalue weighted by Gasteiger charge is 2.30. The second-order valence-corrected chi connectivity index (χ2v) is 11.7. The molecule has 0 radical (unpaired) electrons. The quantitative estimate of drug-likeness (QED) is 0.257. The van der Waals surface area contributed by atoms with Gasteiger partial charge in [0.1, 0.15) is 22.7 Å². The molecule has 3 heterocycles. The lowest BCUT2D eigenvalue weighted by atomic mass is 9.95. The van der Waals surface area contributed by atoms with Crippen molar-refractivity contribution < 1.29 is 14.3 Å². The number of hydrogen-bond acceptors (Lipinski definition) is 5. The van der Waals surface area contributed by atoms with Crippen LogP contribution in [0.3, 0.4) is 0 Å². The lowest BCUT2D eigenvalue weighted by Gasteiger charge is -2.32. The molecule has 0 spiro atoms. The van der Waals surface area contributed by atoms with Gasteiger partial charge >= 0.3 is 0 Å². The van der Waals surface area contributed by atoms with Gasteiger partial charge in [0.05, 0.1) is 12.2 Å². The number of pyridine rings is 2. The fourth-order valence-corrected chi connectivity index (χ4v) is 5.53. The smallest absolute Gasteiger partial charge is 0.277 e. The van der Waals surface area contributed by atoms with Crippen LogP contribution < -0.4 is 15.0 Å². The Morgan fingerprint density at radius 3 is 2.24 bits per heavy atom. The summed E-state index contributed by atoms with van der Waals surface area (Å²) in [5.41, 5.74) is 4.24. The summed E-state index contributed by atoms with van der Waals surface area (Å²) in [5, 5.41) is 0.689. The first kappa shape index (κ1) is 28.4. The number of carbonyl (C=O) groups is 1. The number of fused-ring (bicyclic) bond motifs is 2. The molecule has 2 aromatic carbocycles. The van der Waals surface area contributed by atoms with Gasteiger partial charge in [0, 0.05) is 42.8 Å². The van der Waals surface area contributed by atoms with Crippen molar-refractivity contribution in [3.8, 4) is 22.6 Å². The number of nitrogens with zero attached hydrogens (tertiary/aromatic N) is 3. The Labute approximate surface area is 241 Å². The molecule has 0 N–H and O–H groups in total. The normalized spacial score (nSPS) is 15.7. The number of aryl methyl sites for hydroxylation is 1. The van der Waals surface area contributed by atoms with Crippen LogP contribution in [0.5, 0.6) is 11.5 Å². The molecule has 1 aliphatic rings. The molecule has 0 saturated heterocycles. The van der Waals surface area contributed by atoms with Crippen LogP contribution >= 0.6 is 0 Å². The van der Waals surface area contributed by atoms with E-state index in [2.05, 4.69) is 11.9 Å². The van der Waals surface area contributed by atoms with Gasteiger partial charge in [-0.3, -0.25) is 14.6 Å². The lowest BCUT2D eigenvalue weighted by molar-refractivity contribution is 0.0686. The van der Waals surface area contributed by atoms with E-state index in [1.165, 1.54) is 0 Å². The SMILES string of the molecule is Cc1ccc(-c2c3n(c(=O)c4ncccc24)CCC(C)CN(Cc2cc(OC(C)C)cc(OC(C)C)c2)C3=O)cc1. The zero-order valence-corrected chi connectivity index (χ0v) is 24.8. The van der Waals surface area contributed by atoms with Crippen LogP contribution in [0.25, 0.3) is 22.0 Å². The maximum atomic E-state index is 14.6. The third-order valence-corrected chi connectivity index (χ3v) is 7.30. The van der Waals surface area contributed by atoms with Gasteiger partial charge < -0.3 is 18.9 Å². The van der Waals surface area contributed by atoms with E-state index in [0.29, 0.717) is 47.7 Å². The standard InChI is InChI=1S/C34H39N3O4/c1-21(2)40-27-16-25(17-28(18-27)41-22(3)4)20-36-19-24(6)13-15-37-32(34(36)39)30(26-11-9-23(5)10-12-26)29-8-7-14-35-31(29)33(37)38/h7-12,14,16-18,21-22,24H,13,15,19-20H2,1-6H3. The molecule has 0 saturated carbocycles. The van der Waals surface area contributed by atoms with E-state index in [1.807, 2.05) is 94.1 Å². The predicted octanol–water partition coefficient (Wildman–Crippen LogP) is 6.63. The largest absolute Gasteiger partial charge is 0.491 e. The third-order valence-electron chi connectivity index (χ3n) is 7.30. The van der Waals surface area contributed by atoms with E-state index in [1.54, 1.807) is 10.8 Å². The van der Waals surface area contributed by atoms with Crippen LogP contribution in [-0.2, 0) is 13.1 Å². The first-order valence-electron chi connectivity index (χ1n) is 14.5. The molecule has 1 aliphatic heterocycles. The minimum absolute atomic E-state index is 0.00165. The van der Waals surface area contributed by atoms with Crippen LogP contribution in [0.2, 0.25) is 0 Å². The Morgan fingerprint density at radius 2 is 1.61 bits per heavy atom. The monoisotopic (exact) mass is 553 g/mol. The molecule has 7 heteroatoms. The molecule has 0 aliphatic carbocycles. The summed E-state index contributed by atoms with van der Waals surface area (Å²) >= 11 is 0. The first-order valence-corrected chi connectivity index (χ1v) is 14.5. The number of carbonyl (C=O) groups excluding carboxylic acids is 1. The van der Waals surface area contributed by atoms with Crippen molar-refractivity contribution in [3.63, 3.8) is 0 Å². The van der Waals surface area contributed by atoms with Crippen LogP contribution in [0.1, 0.15) is 62.7 Å². The zero-order valence-electron chi connectivity index (χ0n) is 24.8. The molecule has 1 atom stereocenters. The zero-order chi connectivity index (χ0) is 29.3. The van der Waals surface area contributed by atoms with E-state index in [9.17, 15) is 9.59 Å². The Morgan fingerprint density at radius 1 is 0.951 bits per heavy atom. The van der Waals surface area contributed by atoms with Crippen LogP contribution in [-0.4, -0.2) is 39.1 Å². The van der Waals surface area contributed by atoms with Crippen molar-refractivity contribution in [2.45, 2.75) is 73.3 Å². The summed E-state index contributed by atoms with van der Waals surface area (Å²) in [6, 6.07) is 17.6. The Bertz CT molecular complexity index is 1590. The highest BCUT2D eigenvalue weighted by Crippen LogP contribution is 2.33. The number of amides is 1. The summed E-state index contributed by atoms with van der Waals surface area (Å²) in [6.07, 6.45) is 2.40. The topological polar surface area (TPSA) is 73.7 Å². The van der Waals surface area contributed by atoms with Crippen molar-refractivity contribution in [2.24, 2.45) is 5.92 Å². The van der Waals surface area contributed by atoms with Crippen LogP contribution in [0, 0.1) is 12.8 Å². The van der Waals surface area contributed by atoms with E-state index < -0.39 is 0 Å². The van der Waals surface area contributed by atoms with Crippen LogP contribution in [0.15, 0.2) is 65.6 Å². The minimum Gasteiger partial charge on any atom is -0.491 e. The number of hydrogen-bond donors (Lipinski definition) is 0. The molecule has 1 amide bonds. The van der Waals surface area contributed by atoms with Crippen molar-refractivity contribution >= 4 is 16.8 Å². The molecule has 1 unspecified atom stereocenters. The highest BCUT2D eigenvalue weighted by molar-refractivity contribution is 6.07. The van der Waals surface area contributed by atoms with Gasteiger partial charge in [-0.1, -0.05) is 42.8 Å². The molecular weight excluding hydrogens is 514 g/mol. The number of benzene rings is 2. The average Bonchev–Trinajstić information content (AvgIpc) is 2.91.